The van der Waals surface area contributed by atoms with Crippen molar-refractivity contribution < 1.29 is 27.5 Å². The zero-order valence-electron chi connectivity index (χ0n) is 13.2. The van der Waals surface area contributed by atoms with E-state index in [-0.39, 0.29) is 17.7 Å². The predicted molar refractivity (Wildman–Crippen MR) is 84.2 cm³/mol. The molecule has 0 aromatic heterocycles. The molecule has 25 heavy (non-hydrogen) atoms. The Balaban J connectivity index is 1.79. The van der Waals surface area contributed by atoms with Crippen LogP contribution in [0.5, 0.6) is 0 Å². The summed E-state index contributed by atoms with van der Waals surface area (Å²) in [6, 6.07) is 10.3. The maximum Gasteiger partial charge on any atom is 0.416 e. The Morgan fingerprint density at radius 3 is 2.64 bits per heavy atom. The fourth-order valence-corrected chi connectivity index (χ4v) is 2.71. The van der Waals surface area contributed by atoms with Gasteiger partial charge in [0.15, 0.2) is 6.10 Å². The van der Waals surface area contributed by atoms with Gasteiger partial charge in [-0.2, -0.15) is 13.2 Å². The number of anilines is 1. The number of aryl methyl sites for hydroxylation is 1. The maximum absolute atomic E-state index is 13.0. The van der Waals surface area contributed by atoms with Crippen LogP contribution in [0.1, 0.15) is 27.0 Å². The molecule has 0 bridgehead atoms. The van der Waals surface area contributed by atoms with E-state index >= 15 is 0 Å². The maximum atomic E-state index is 13.0. The monoisotopic (exact) mass is 349 g/mol. The van der Waals surface area contributed by atoms with Crippen molar-refractivity contribution in [2.45, 2.75) is 25.6 Å². The molecule has 2 aromatic rings. The Kier molecular flexibility index (Phi) is 4.24. The highest BCUT2D eigenvalue weighted by atomic mass is 19.4. The van der Waals surface area contributed by atoms with Crippen LogP contribution < -0.4 is 5.32 Å². The minimum Gasteiger partial charge on any atom is -0.448 e. The fourth-order valence-electron chi connectivity index (χ4n) is 2.71. The average Bonchev–Trinajstić information content (AvgIpc) is 2.55. The smallest absolute Gasteiger partial charge is 0.416 e. The molecule has 0 saturated carbocycles. The first-order valence-corrected chi connectivity index (χ1v) is 7.53. The number of alkyl halides is 3. The minimum absolute atomic E-state index is 0.00201. The highest BCUT2D eigenvalue weighted by Gasteiger charge is 2.34. The summed E-state index contributed by atoms with van der Waals surface area (Å²) in [5.74, 6) is -1.29. The molecule has 1 unspecified atom stereocenters. The standard InChI is InChI=1S/C18H14F3NO3/c1-10-6-7-12(9-14(10)18(19,20)21)22-16(23)15-8-11-4-2-3-5-13(11)17(24)25-15/h2-7,9,15H,8H2,1H3,(H,22,23). The van der Waals surface area contributed by atoms with E-state index in [1.165, 1.54) is 19.1 Å². The van der Waals surface area contributed by atoms with E-state index in [0.29, 0.717) is 11.1 Å². The van der Waals surface area contributed by atoms with Gasteiger partial charge >= 0.3 is 12.1 Å². The lowest BCUT2D eigenvalue weighted by Crippen LogP contribution is -2.38. The van der Waals surface area contributed by atoms with Crippen molar-refractivity contribution in [2.75, 3.05) is 5.32 Å². The first-order chi connectivity index (χ1) is 11.8. The molecule has 1 aliphatic rings. The number of carbonyl (C=O) groups excluding carboxylic acids is 2. The van der Waals surface area contributed by atoms with Gasteiger partial charge < -0.3 is 10.1 Å². The molecule has 0 saturated heterocycles. The SMILES string of the molecule is Cc1ccc(NC(=O)C2Cc3ccccc3C(=O)O2)cc1C(F)(F)F. The number of esters is 1. The van der Waals surface area contributed by atoms with Crippen molar-refractivity contribution in [3.8, 4) is 0 Å². The van der Waals surface area contributed by atoms with E-state index in [0.717, 1.165) is 6.07 Å². The molecule has 0 radical (unpaired) electrons. The van der Waals surface area contributed by atoms with Crippen molar-refractivity contribution in [1.82, 2.24) is 0 Å². The second-order valence-corrected chi connectivity index (χ2v) is 5.77. The summed E-state index contributed by atoms with van der Waals surface area (Å²) < 4.78 is 44.0. The van der Waals surface area contributed by atoms with Crippen molar-refractivity contribution in [3.05, 3.63) is 64.7 Å². The molecule has 3 rings (SSSR count). The zero-order chi connectivity index (χ0) is 18.2. The zero-order valence-corrected chi connectivity index (χ0v) is 13.2. The van der Waals surface area contributed by atoms with Crippen LogP contribution >= 0.6 is 0 Å². The molecular formula is C18H14F3NO3. The number of cyclic esters (lactones) is 1. The molecule has 1 atom stereocenters. The Bertz CT molecular complexity index is 846. The topological polar surface area (TPSA) is 55.4 Å². The van der Waals surface area contributed by atoms with Gasteiger partial charge in [-0.05, 0) is 36.2 Å². The molecular weight excluding hydrogens is 335 g/mol. The van der Waals surface area contributed by atoms with Gasteiger partial charge in [0.05, 0.1) is 11.1 Å². The predicted octanol–water partition coefficient (Wildman–Crippen LogP) is 3.73. The van der Waals surface area contributed by atoms with Crippen molar-refractivity contribution in [1.29, 1.82) is 0 Å². The van der Waals surface area contributed by atoms with Crippen LogP contribution in [0.4, 0.5) is 18.9 Å². The molecule has 130 valence electrons. The second kappa shape index (κ2) is 6.23. The van der Waals surface area contributed by atoms with Gasteiger partial charge in [0.25, 0.3) is 5.91 Å². The lowest BCUT2D eigenvalue weighted by molar-refractivity contribution is -0.138. The Morgan fingerprint density at radius 2 is 1.92 bits per heavy atom. The van der Waals surface area contributed by atoms with Crippen molar-refractivity contribution in [2.24, 2.45) is 0 Å². The molecule has 1 heterocycles. The number of fused-ring (bicyclic) bond motifs is 1. The third kappa shape index (κ3) is 3.50. The van der Waals surface area contributed by atoms with Crippen LogP contribution in [0.2, 0.25) is 0 Å². The van der Waals surface area contributed by atoms with Crippen LogP contribution in [-0.2, 0) is 22.1 Å². The lowest BCUT2D eigenvalue weighted by Gasteiger charge is -2.24. The number of nitrogens with one attached hydrogen (secondary N) is 1. The molecule has 1 N–H and O–H groups in total. The summed E-state index contributed by atoms with van der Waals surface area (Å²) >= 11 is 0. The molecule has 1 amide bonds. The fraction of sp³-hybridized carbons (Fsp3) is 0.222. The van der Waals surface area contributed by atoms with Crippen LogP contribution in [-0.4, -0.2) is 18.0 Å². The Labute approximate surface area is 141 Å². The molecule has 4 nitrogen and oxygen atoms in total. The third-order valence-corrected chi connectivity index (χ3v) is 3.99. The largest absolute Gasteiger partial charge is 0.448 e. The summed E-state index contributed by atoms with van der Waals surface area (Å²) in [6.07, 6.45) is -5.43. The Hall–Kier alpha value is -2.83. The summed E-state index contributed by atoms with van der Waals surface area (Å²) in [5, 5.41) is 2.39. The van der Waals surface area contributed by atoms with Crippen molar-refractivity contribution >= 4 is 17.6 Å². The first-order valence-electron chi connectivity index (χ1n) is 7.53. The number of ether oxygens (including phenoxy) is 1. The van der Waals surface area contributed by atoms with Gasteiger partial charge in [0, 0.05) is 12.1 Å². The highest BCUT2D eigenvalue weighted by molar-refractivity contribution is 6.00. The minimum atomic E-state index is -4.51. The van der Waals surface area contributed by atoms with Crippen LogP contribution in [0.25, 0.3) is 0 Å². The summed E-state index contributed by atoms with van der Waals surface area (Å²) in [4.78, 5) is 24.2. The van der Waals surface area contributed by atoms with E-state index in [9.17, 15) is 22.8 Å². The van der Waals surface area contributed by atoms with Gasteiger partial charge in [-0.15, -0.1) is 0 Å². The highest BCUT2D eigenvalue weighted by Crippen LogP contribution is 2.33. The number of hydrogen-bond acceptors (Lipinski definition) is 3. The number of carbonyl (C=O) groups is 2. The normalized spacial score (nSPS) is 16.8. The van der Waals surface area contributed by atoms with Gasteiger partial charge in [0.2, 0.25) is 0 Å². The first kappa shape index (κ1) is 17.0. The lowest BCUT2D eigenvalue weighted by atomic mass is 9.98. The molecule has 0 spiro atoms. The molecule has 1 aliphatic heterocycles. The van der Waals surface area contributed by atoms with Crippen molar-refractivity contribution in [3.63, 3.8) is 0 Å². The van der Waals surface area contributed by atoms with E-state index in [1.807, 2.05) is 0 Å². The van der Waals surface area contributed by atoms with Gasteiger partial charge in [-0.1, -0.05) is 24.3 Å². The molecule has 0 fully saturated rings. The number of hydrogen-bond donors (Lipinski definition) is 1. The summed E-state index contributed by atoms with van der Waals surface area (Å²) in [5.41, 5.74) is 0.290. The van der Waals surface area contributed by atoms with Crippen LogP contribution in [0.15, 0.2) is 42.5 Å². The van der Waals surface area contributed by atoms with E-state index < -0.39 is 29.7 Å². The Morgan fingerprint density at radius 1 is 1.20 bits per heavy atom. The number of rotatable bonds is 2. The molecule has 2 aromatic carbocycles. The van der Waals surface area contributed by atoms with E-state index in [2.05, 4.69) is 5.32 Å². The van der Waals surface area contributed by atoms with Gasteiger partial charge in [-0.25, -0.2) is 4.79 Å². The summed E-state index contributed by atoms with van der Waals surface area (Å²) in [6.45, 7) is 1.34. The van der Waals surface area contributed by atoms with Crippen LogP contribution in [0.3, 0.4) is 0 Å². The average molecular weight is 349 g/mol. The van der Waals surface area contributed by atoms with Crippen LogP contribution in [0, 0.1) is 6.92 Å². The number of amides is 1. The molecule has 7 heteroatoms. The number of benzene rings is 2. The molecule has 0 aliphatic carbocycles. The quantitative estimate of drug-likeness (QED) is 0.841. The number of halogens is 3. The van der Waals surface area contributed by atoms with E-state index in [1.54, 1.807) is 24.3 Å². The second-order valence-electron chi connectivity index (χ2n) is 5.77. The van der Waals surface area contributed by atoms with E-state index in [4.69, 9.17) is 4.74 Å². The van der Waals surface area contributed by atoms with Gasteiger partial charge in [-0.3, -0.25) is 4.79 Å². The van der Waals surface area contributed by atoms with Gasteiger partial charge in [0.1, 0.15) is 0 Å². The third-order valence-electron chi connectivity index (χ3n) is 3.99. The summed E-state index contributed by atoms with van der Waals surface area (Å²) in [7, 11) is 0.